The van der Waals surface area contributed by atoms with Crippen LogP contribution < -0.4 is 0 Å². The van der Waals surface area contributed by atoms with Gasteiger partial charge in [-0.15, -0.1) is 0 Å². The second-order valence-electron chi connectivity index (χ2n) is 6.37. The molecule has 0 heterocycles. The van der Waals surface area contributed by atoms with Crippen LogP contribution in [0.25, 0.3) is 0 Å². The summed E-state index contributed by atoms with van der Waals surface area (Å²) in [7, 11) is 0. The van der Waals surface area contributed by atoms with Gasteiger partial charge in [0.1, 0.15) is 0 Å². The number of hydrogen-bond acceptors (Lipinski definition) is 2. The van der Waals surface area contributed by atoms with E-state index in [9.17, 15) is 10.2 Å². The summed E-state index contributed by atoms with van der Waals surface area (Å²) in [6.45, 7) is 15.3. The minimum atomic E-state index is -0.859. The molecule has 0 aliphatic carbocycles. The standard InChI is InChI=1S/C16H26O2/c1-9-10(2)14(16(7,8)18)12(4)11(3)13(9)15(5,6)17/h17-18H,1-8H3. The largest absolute Gasteiger partial charge is 0.386 e. The summed E-state index contributed by atoms with van der Waals surface area (Å²) in [6, 6.07) is 0. The van der Waals surface area contributed by atoms with Crippen molar-refractivity contribution in [1.29, 1.82) is 0 Å². The Morgan fingerprint density at radius 1 is 0.556 bits per heavy atom. The second kappa shape index (κ2) is 4.36. The highest BCUT2D eigenvalue weighted by atomic mass is 16.3. The van der Waals surface area contributed by atoms with Gasteiger partial charge < -0.3 is 10.2 Å². The van der Waals surface area contributed by atoms with E-state index in [0.717, 1.165) is 33.4 Å². The molecule has 2 heteroatoms. The third-order valence-corrected chi connectivity index (χ3v) is 3.85. The van der Waals surface area contributed by atoms with Crippen LogP contribution in [0.3, 0.4) is 0 Å². The monoisotopic (exact) mass is 250 g/mol. The molecule has 18 heavy (non-hydrogen) atoms. The van der Waals surface area contributed by atoms with Crippen LogP contribution in [0.4, 0.5) is 0 Å². The molecule has 1 rings (SSSR count). The van der Waals surface area contributed by atoms with Gasteiger partial charge in [-0.2, -0.15) is 0 Å². The van der Waals surface area contributed by atoms with Crippen LogP contribution in [0.5, 0.6) is 0 Å². The average molecular weight is 250 g/mol. The Morgan fingerprint density at radius 2 is 0.722 bits per heavy atom. The fourth-order valence-electron chi connectivity index (χ4n) is 3.15. The molecule has 1 aromatic carbocycles. The van der Waals surface area contributed by atoms with Crippen molar-refractivity contribution in [2.24, 2.45) is 0 Å². The summed E-state index contributed by atoms with van der Waals surface area (Å²) in [5.41, 5.74) is 4.52. The highest BCUT2D eigenvalue weighted by Crippen LogP contribution is 2.37. The Kier molecular flexibility index (Phi) is 3.68. The lowest BCUT2D eigenvalue weighted by Crippen LogP contribution is -2.25. The van der Waals surface area contributed by atoms with E-state index in [1.165, 1.54) is 0 Å². The summed E-state index contributed by atoms with van der Waals surface area (Å²) in [5.74, 6) is 0. The molecule has 0 amide bonds. The molecule has 0 aliphatic heterocycles. The molecule has 0 saturated carbocycles. The van der Waals surface area contributed by atoms with Crippen molar-refractivity contribution in [1.82, 2.24) is 0 Å². The zero-order chi connectivity index (χ0) is 14.5. The van der Waals surface area contributed by atoms with E-state index >= 15 is 0 Å². The molecule has 102 valence electrons. The molecule has 0 atom stereocenters. The van der Waals surface area contributed by atoms with Gasteiger partial charge in [-0.05, 0) is 88.8 Å². The van der Waals surface area contributed by atoms with Gasteiger partial charge in [0.25, 0.3) is 0 Å². The third kappa shape index (κ3) is 2.45. The topological polar surface area (TPSA) is 40.5 Å². The Morgan fingerprint density at radius 3 is 0.833 bits per heavy atom. The van der Waals surface area contributed by atoms with Crippen molar-refractivity contribution in [3.8, 4) is 0 Å². The van der Waals surface area contributed by atoms with Crippen LogP contribution in [0.2, 0.25) is 0 Å². The molecule has 0 fully saturated rings. The summed E-state index contributed by atoms with van der Waals surface area (Å²) >= 11 is 0. The first-order valence-corrected chi connectivity index (χ1v) is 6.45. The molecule has 0 spiro atoms. The first-order chi connectivity index (χ1) is 7.89. The van der Waals surface area contributed by atoms with Crippen molar-refractivity contribution in [2.75, 3.05) is 0 Å². The van der Waals surface area contributed by atoms with Crippen molar-refractivity contribution in [3.63, 3.8) is 0 Å². The van der Waals surface area contributed by atoms with E-state index in [1.54, 1.807) is 0 Å². The van der Waals surface area contributed by atoms with Gasteiger partial charge >= 0.3 is 0 Å². The minimum absolute atomic E-state index is 0.859. The van der Waals surface area contributed by atoms with E-state index < -0.39 is 11.2 Å². The molecule has 2 N–H and O–H groups in total. The molecule has 0 aromatic heterocycles. The first-order valence-electron chi connectivity index (χ1n) is 6.45. The van der Waals surface area contributed by atoms with Gasteiger partial charge in [-0.25, -0.2) is 0 Å². The van der Waals surface area contributed by atoms with E-state index in [0.29, 0.717) is 0 Å². The SMILES string of the molecule is Cc1c(C)c(C(C)(C)O)c(C)c(C)c1C(C)(C)O. The maximum atomic E-state index is 10.3. The molecule has 0 unspecified atom stereocenters. The summed E-state index contributed by atoms with van der Waals surface area (Å²) < 4.78 is 0. The number of benzene rings is 1. The third-order valence-electron chi connectivity index (χ3n) is 3.85. The Labute approximate surface area is 111 Å². The Hall–Kier alpha value is -0.860. The number of rotatable bonds is 2. The molecule has 2 nitrogen and oxygen atoms in total. The molecular formula is C16H26O2. The van der Waals surface area contributed by atoms with E-state index in [4.69, 9.17) is 0 Å². The van der Waals surface area contributed by atoms with Gasteiger partial charge in [-0.1, -0.05) is 0 Å². The molecule has 0 bridgehead atoms. The Bertz CT molecular complexity index is 397. The van der Waals surface area contributed by atoms with E-state index in [2.05, 4.69) is 0 Å². The maximum absolute atomic E-state index is 10.3. The van der Waals surface area contributed by atoms with Gasteiger partial charge in [0.2, 0.25) is 0 Å². The predicted octanol–water partition coefficient (Wildman–Crippen LogP) is 3.38. The lowest BCUT2D eigenvalue weighted by atomic mass is 9.78. The highest BCUT2D eigenvalue weighted by Gasteiger charge is 2.29. The van der Waals surface area contributed by atoms with Gasteiger partial charge in [0, 0.05) is 0 Å². The zero-order valence-electron chi connectivity index (χ0n) is 12.9. The highest BCUT2D eigenvalue weighted by molar-refractivity contribution is 5.53. The first kappa shape index (κ1) is 15.2. The predicted molar refractivity (Wildman–Crippen MR) is 75.9 cm³/mol. The zero-order valence-corrected chi connectivity index (χ0v) is 12.9. The van der Waals surface area contributed by atoms with Crippen LogP contribution in [0.15, 0.2) is 0 Å². The minimum Gasteiger partial charge on any atom is -0.386 e. The van der Waals surface area contributed by atoms with Gasteiger partial charge in [0.05, 0.1) is 11.2 Å². The van der Waals surface area contributed by atoms with Crippen molar-refractivity contribution in [3.05, 3.63) is 33.4 Å². The molecule has 0 radical (unpaired) electrons. The normalized spacial score (nSPS) is 13.0. The van der Waals surface area contributed by atoms with Crippen LogP contribution in [-0.2, 0) is 11.2 Å². The van der Waals surface area contributed by atoms with E-state index in [1.807, 2.05) is 55.4 Å². The Balaban J connectivity index is 3.79. The summed E-state index contributed by atoms with van der Waals surface area (Å²) in [5, 5.41) is 20.7. The average Bonchev–Trinajstić information content (AvgIpc) is 2.10. The molecule has 0 saturated heterocycles. The number of hydrogen-bond donors (Lipinski definition) is 2. The summed E-state index contributed by atoms with van der Waals surface area (Å²) in [6.07, 6.45) is 0. The van der Waals surface area contributed by atoms with Crippen LogP contribution in [-0.4, -0.2) is 10.2 Å². The molecule has 0 aliphatic rings. The van der Waals surface area contributed by atoms with Crippen LogP contribution >= 0.6 is 0 Å². The maximum Gasteiger partial charge on any atom is 0.0845 e. The smallest absolute Gasteiger partial charge is 0.0845 e. The van der Waals surface area contributed by atoms with Gasteiger partial charge in [-0.3, -0.25) is 0 Å². The van der Waals surface area contributed by atoms with Gasteiger partial charge in [0.15, 0.2) is 0 Å². The lowest BCUT2D eigenvalue weighted by Gasteiger charge is -2.31. The van der Waals surface area contributed by atoms with Crippen molar-refractivity contribution >= 4 is 0 Å². The van der Waals surface area contributed by atoms with Crippen molar-refractivity contribution < 1.29 is 10.2 Å². The summed E-state index contributed by atoms with van der Waals surface area (Å²) in [4.78, 5) is 0. The van der Waals surface area contributed by atoms with E-state index in [-0.39, 0.29) is 0 Å². The second-order valence-corrected chi connectivity index (χ2v) is 6.37. The van der Waals surface area contributed by atoms with Crippen molar-refractivity contribution in [2.45, 2.75) is 66.6 Å². The lowest BCUT2D eigenvalue weighted by molar-refractivity contribution is 0.0720. The molecule has 1 aromatic rings. The quantitative estimate of drug-likeness (QED) is 0.845. The fourth-order valence-corrected chi connectivity index (χ4v) is 3.15. The fraction of sp³-hybridized carbons (Fsp3) is 0.625. The number of aliphatic hydroxyl groups is 2. The van der Waals surface area contributed by atoms with Crippen LogP contribution in [0, 0.1) is 27.7 Å². The van der Waals surface area contributed by atoms with Crippen LogP contribution in [0.1, 0.15) is 61.1 Å². The molecular weight excluding hydrogens is 224 g/mol.